The van der Waals surface area contributed by atoms with Crippen molar-refractivity contribution in [3.63, 3.8) is 0 Å². The lowest BCUT2D eigenvalue weighted by Crippen LogP contribution is -2.49. The molecule has 3 nitrogen and oxygen atoms in total. The van der Waals surface area contributed by atoms with Crippen LogP contribution in [0.1, 0.15) is 33.1 Å². The van der Waals surface area contributed by atoms with Gasteiger partial charge in [-0.3, -0.25) is 4.90 Å². The van der Waals surface area contributed by atoms with Crippen molar-refractivity contribution in [2.45, 2.75) is 45.2 Å². The fourth-order valence-electron chi connectivity index (χ4n) is 3.04. The van der Waals surface area contributed by atoms with Crippen LogP contribution >= 0.6 is 0 Å². The fourth-order valence-corrected chi connectivity index (χ4v) is 3.04. The van der Waals surface area contributed by atoms with Crippen LogP contribution in [0.5, 0.6) is 0 Å². The Morgan fingerprint density at radius 3 is 3.06 bits per heavy atom. The normalized spacial score (nSPS) is 37.5. The van der Waals surface area contributed by atoms with Gasteiger partial charge in [-0.25, -0.2) is 0 Å². The molecule has 0 aliphatic carbocycles. The van der Waals surface area contributed by atoms with E-state index in [1.54, 1.807) is 0 Å². The molecule has 3 unspecified atom stereocenters. The molecule has 2 saturated heterocycles. The van der Waals surface area contributed by atoms with Crippen LogP contribution in [0.3, 0.4) is 0 Å². The maximum atomic E-state index is 5.56. The van der Waals surface area contributed by atoms with Crippen molar-refractivity contribution in [3.05, 3.63) is 0 Å². The summed E-state index contributed by atoms with van der Waals surface area (Å²) < 4.78 is 5.56. The summed E-state index contributed by atoms with van der Waals surface area (Å²) in [5.41, 5.74) is 0. The van der Waals surface area contributed by atoms with Crippen LogP contribution in [-0.4, -0.2) is 49.8 Å². The maximum Gasteiger partial charge on any atom is 0.0622 e. The summed E-state index contributed by atoms with van der Waals surface area (Å²) >= 11 is 0. The Balaban J connectivity index is 1.82. The molecule has 3 heteroatoms. The molecule has 0 spiro atoms. The van der Waals surface area contributed by atoms with E-state index < -0.39 is 0 Å². The zero-order chi connectivity index (χ0) is 11.4. The lowest BCUT2D eigenvalue weighted by Gasteiger charge is -2.39. The predicted molar refractivity (Wildman–Crippen MR) is 66.7 cm³/mol. The SMILES string of the molecule is CCC1COCCN1CC1CCNC(C)C1. The summed E-state index contributed by atoms with van der Waals surface area (Å²) in [7, 11) is 0. The van der Waals surface area contributed by atoms with Crippen LogP contribution in [0.25, 0.3) is 0 Å². The van der Waals surface area contributed by atoms with Crippen LogP contribution < -0.4 is 5.32 Å². The smallest absolute Gasteiger partial charge is 0.0622 e. The van der Waals surface area contributed by atoms with E-state index in [1.807, 2.05) is 0 Å². The summed E-state index contributed by atoms with van der Waals surface area (Å²) in [6, 6.07) is 1.37. The van der Waals surface area contributed by atoms with Gasteiger partial charge in [-0.05, 0) is 38.6 Å². The van der Waals surface area contributed by atoms with Crippen LogP contribution in [0.15, 0.2) is 0 Å². The van der Waals surface area contributed by atoms with Gasteiger partial charge in [0.15, 0.2) is 0 Å². The highest BCUT2D eigenvalue weighted by Gasteiger charge is 2.26. The number of hydrogen-bond acceptors (Lipinski definition) is 3. The molecule has 0 saturated carbocycles. The predicted octanol–water partition coefficient (Wildman–Crippen LogP) is 1.49. The zero-order valence-corrected chi connectivity index (χ0v) is 10.7. The van der Waals surface area contributed by atoms with Gasteiger partial charge < -0.3 is 10.1 Å². The van der Waals surface area contributed by atoms with Crippen molar-refractivity contribution >= 4 is 0 Å². The molecule has 2 heterocycles. The van der Waals surface area contributed by atoms with Crippen molar-refractivity contribution in [2.24, 2.45) is 5.92 Å². The molecule has 0 aromatic carbocycles. The lowest BCUT2D eigenvalue weighted by molar-refractivity contribution is -0.0180. The van der Waals surface area contributed by atoms with Crippen molar-refractivity contribution in [1.29, 1.82) is 0 Å². The number of piperidine rings is 1. The first-order valence-corrected chi connectivity index (χ1v) is 6.84. The van der Waals surface area contributed by atoms with Gasteiger partial charge in [-0.1, -0.05) is 6.92 Å². The Morgan fingerprint density at radius 2 is 2.31 bits per heavy atom. The van der Waals surface area contributed by atoms with Gasteiger partial charge in [-0.2, -0.15) is 0 Å². The highest BCUT2D eigenvalue weighted by Crippen LogP contribution is 2.20. The van der Waals surface area contributed by atoms with Crippen molar-refractivity contribution in [1.82, 2.24) is 10.2 Å². The van der Waals surface area contributed by atoms with E-state index in [9.17, 15) is 0 Å². The average molecular weight is 226 g/mol. The number of hydrogen-bond donors (Lipinski definition) is 1. The fraction of sp³-hybridized carbons (Fsp3) is 1.00. The summed E-state index contributed by atoms with van der Waals surface area (Å²) in [5, 5.41) is 3.53. The Morgan fingerprint density at radius 1 is 1.44 bits per heavy atom. The number of rotatable bonds is 3. The molecule has 16 heavy (non-hydrogen) atoms. The van der Waals surface area contributed by atoms with Crippen LogP contribution in [0.4, 0.5) is 0 Å². The van der Waals surface area contributed by atoms with Crippen LogP contribution in [0.2, 0.25) is 0 Å². The largest absolute Gasteiger partial charge is 0.378 e. The monoisotopic (exact) mass is 226 g/mol. The second kappa shape index (κ2) is 5.99. The van der Waals surface area contributed by atoms with Crippen molar-refractivity contribution < 1.29 is 4.74 Å². The van der Waals surface area contributed by atoms with Gasteiger partial charge in [0.05, 0.1) is 13.2 Å². The topological polar surface area (TPSA) is 24.5 Å². The molecule has 94 valence electrons. The third-order valence-corrected chi connectivity index (χ3v) is 4.05. The summed E-state index contributed by atoms with van der Waals surface area (Å²) in [6.45, 7) is 10.1. The summed E-state index contributed by atoms with van der Waals surface area (Å²) in [5.74, 6) is 0.892. The van der Waals surface area contributed by atoms with Gasteiger partial charge in [-0.15, -0.1) is 0 Å². The quantitative estimate of drug-likeness (QED) is 0.789. The number of nitrogens with one attached hydrogen (secondary N) is 1. The van der Waals surface area contributed by atoms with E-state index in [1.165, 1.54) is 32.4 Å². The minimum absolute atomic E-state index is 0.666. The highest BCUT2D eigenvalue weighted by atomic mass is 16.5. The van der Waals surface area contributed by atoms with E-state index in [-0.39, 0.29) is 0 Å². The first-order chi connectivity index (χ1) is 7.79. The molecule has 3 atom stereocenters. The Kier molecular flexibility index (Phi) is 4.62. The minimum atomic E-state index is 0.666. The molecular formula is C13H26N2O. The molecule has 0 radical (unpaired) electrons. The molecule has 1 N–H and O–H groups in total. The average Bonchev–Trinajstić information content (AvgIpc) is 2.30. The Hall–Kier alpha value is -0.120. The highest BCUT2D eigenvalue weighted by molar-refractivity contribution is 4.81. The number of morpholine rings is 1. The standard InChI is InChI=1S/C13H26N2O/c1-3-13-10-16-7-6-15(13)9-12-4-5-14-11(2)8-12/h11-14H,3-10H2,1-2H3. The molecule has 0 aromatic heterocycles. The second-order valence-electron chi connectivity index (χ2n) is 5.38. The van der Waals surface area contributed by atoms with Gasteiger partial charge in [0, 0.05) is 25.2 Å². The van der Waals surface area contributed by atoms with E-state index in [2.05, 4.69) is 24.1 Å². The number of ether oxygens (including phenoxy) is 1. The molecule has 2 aliphatic heterocycles. The van der Waals surface area contributed by atoms with Crippen molar-refractivity contribution in [3.8, 4) is 0 Å². The van der Waals surface area contributed by atoms with E-state index in [4.69, 9.17) is 4.74 Å². The molecule has 0 bridgehead atoms. The first kappa shape index (κ1) is 12.3. The van der Waals surface area contributed by atoms with E-state index in [0.717, 1.165) is 25.7 Å². The minimum Gasteiger partial charge on any atom is -0.378 e. The third-order valence-electron chi connectivity index (χ3n) is 4.05. The van der Waals surface area contributed by atoms with E-state index >= 15 is 0 Å². The zero-order valence-electron chi connectivity index (χ0n) is 10.7. The summed E-state index contributed by atoms with van der Waals surface area (Å²) in [4.78, 5) is 2.66. The van der Waals surface area contributed by atoms with Crippen LogP contribution in [0, 0.1) is 5.92 Å². The molecule has 2 rings (SSSR count). The first-order valence-electron chi connectivity index (χ1n) is 6.84. The van der Waals surface area contributed by atoms with Gasteiger partial charge in [0.25, 0.3) is 0 Å². The van der Waals surface area contributed by atoms with E-state index in [0.29, 0.717) is 12.1 Å². The molecule has 2 aliphatic rings. The van der Waals surface area contributed by atoms with Gasteiger partial charge in [0.2, 0.25) is 0 Å². The third kappa shape index (κ3) is 3.19. The second-order valence-corrected chi connectivity index (χ2v) is 5.38. The molecule has 0 aromatic rings. The van der Waals surface area contributed by atoms with Gasteiger partial charge >= 0.3 is 0 Å². The lowest BCUT2D eigenvalue weighted by atomic mass is 9.92. The Bertz CT molecular complexity index is 210. The van der Waals surface area contributed by atoms with Gasteiger partial charge in [0.1, 0.15) is 0 Å². The summed E-state index contributed by atoms with van der Waals surface area (Å²) in [6.07, 6.45) is 3.91. The van der Waals surface area contributed by atoms with Crippen LogP contribution in [-0.2, 0) is 4.74 Å². The Labute approximate surface area is 99.5 Å². The maximum absolute atomic E-state index is 5.56. The molecule has 0 amide bonds. The molecular weight excluding hydrogens is 200 g/mol. The number of nitrogens with zero attached hydrogens (tertiary/aromatic N) is 1. The van der Waals surface area contributed by atoms with Crippen molar-refractivity contribution in [2.75, 3.05) is 32.8 Å². The molecule has 2 fully saturated rings.